The number of carboxylic acid groups (broad SMARTS) is 1. The summed E-state index contributed by atoms with van der Waals surface area (Å²) in [4.78, 5) is 23.7. The minimum Gasteiger partial charge on any atom is -0.479 e. The molecule has 4 unspecified atom stereocenters. The van der Waals surface area contributed by atoms with E-state index in [1.807, 2.05) is 60.7 Å². The molecular formula is C25H29NO8. The van der Waals surface area contributed by atoms with Gasteiger partial charge in [0.25, 0.3) is 0 Å². The lowest BCUT2D eigenvalue weighted by molar-refractivity contribution is -0.351. The molecule has 2 fully saturated rings. The zero-order valence-electron chi connectivity index (χ0n) is 19.0. The van der Waals surface area contributed by atoms with Crippen LogP contribution >= 0.6 is 0 Å². The molecule has 2 aromatic rings. The molecule has 2 aliphatic rings. The van der Waals surface area contributed by atoms with Gasteiger partial charge in [-0.15, -0.1) is 0 Å². The second kappa shape index (κ2) is 11.1. The highest BCUT2D eigenvalue weighted by Crippen LogP contribution is 2.36. The highest BCUT2D eigenvalue weighted by Gasteiger charge is 2.52. The summed E-state index contributed by atoms with van der Waals surface area (Å²) in [6.45, 7) is 3.22. The van der Waals surface area contributed by atoms with Crippen molar-refractivity contribution in [1.29, 1.82) is 0 Å². The number of rotatable bonds is 8. The smallest absolute Gasteiger partial charge is 0.332 e. The van der Waals surface area contributed by atoms with E-state index in [9.17, 15) is 14.7 Å². The van der Waals surface area contributed by atoms with Crippen LogP contribution in [0.15, 0.2) is 60.7 Å². The fourth-order valence-electron chi connectivity index (χ4n) is 4.09. The molecule has 9 nitrogen and oxygen atoms in total. The first kappa shape index (κ1) is 24.3. The van der Waals surface area contributed by atoms with Gasteiger partial charge in [-0.05, 0) is 12.5 Å². The van der Waals surface area contributed by atoms with E-state index in [1.54, 1.807) is 0 Å². The molecule has 34 heavy (non-hydrogen) atoms. The van der Waals surface area contributed by atoms with Crippen molar-refractivity contribution in [3.63, 3.8) is 0 Å². The Morgan fingerprint density at radius 1 is 1.09 bits per heavy atom. The average molecular weight is 472 g/mol. The van der Waals surface area contributed by atoms with Gasteiger partial charge >= 0.3 is 5.97 Å². The Hall–Kier alpha value is -2.82. The predicted octanol–water partition coefficient (Wildman–Crippen LogP) is 2.41. The fourth-order valence-corrected chi connectivity index (χ4v) is 4.09. The van der Waals surface area contributed by atoms with Crippen LogP contribution in [0.3, 0.4) is 0 Å². The Labute approximate surface area is 197 Å². The minimum absolute atomic E-state index is 0.184. The van der Waals surface area contributed by atoms with Crippen molar-refractivity contribution in [2.45, 2.75) is 63.5 Å². The van der Waals surface area contributed by atoms with Crippen molar-refractivity contribution in [3.8, 4) is 0 Å². The van der Waals surface area contributed by atoms with E-state index in [4.69, 9.17) is 23.7 Å². The molecule has 0 radical (unpaired) electrons. The number of fused-ring (bicyclic) bond motifs is 1. The molecule has 2 saturated heterocycles. The molecule has 1 amide bonds. The Morgan fingerprint density at radius 2 is 1.76 bits per heavy atom. The van der Waals surface area contributed by atoms with Crippen LogP contribution < -0.4 is 5.32 Å². The molecule has 4 rings (SSSR count). The Kier molecular flexibility index (Phi) is 7.91. The number of hydrogen-bond donors (Lipinski definition) is 2. The third-order valence-electron chi connectivity index (χ3n) is 5.75. The molecule has 0 saturated carbocycles. The second-order valence-electron chi connectivity index (χ2n) is 8.32. The molecule has 0 aromatic heterocycles. The van der Waals surface area contributed by atoms with Crippen LogP contribution in [0.5, 0.6) is 0 Å². The molecule has 2 aromatic carbocycles. The average Bonchev–Trinajstić information content (AvgIpc) is 2.84. The van der Waals surface area contributed by atoms with Gasteiger partial charge < -0.3 is 34.1 Å². The molecule has 9 heteroatoms. The summed E-state index contributed by atoms with van der Waals surface area (Å²) >= 11 is 0. The van der Waals surface area contributed by atoms with Crippen LogP contribution in [0.4, 0.5) is 0 Å². The number of carbonyl (C=O) groups is 2. The number of carboxylic acids is 1. The maximum Gasteiger partial charge on any atom is 0.332 e. The quantitative estimate of drug-likeness (QED) is 0.604. The third kappa shape index (κ3) is 5.81. The van der Waals surface area contributed by atoms with E-state index in [2.05, 4.69) is 5.32 Å². The third-order valence-corrected chi connectivity index (χ3v) is 5.75. The van der Waals surface area contributed by atoms with Gasteiger partial charge in [0, 0.05) is 12.5 Å². The summed E-state index contributed by atoms with van der Waals surface area (Å²) in [5.41, 5.74) is 1.73. The maximum atomic E-state index is 12.1. The fraction of sp³-hybridized carbons (Fsp3) is 0.440. The summed E-state index contributed by atoms with van der Waals surface area (Å²) in [6, 6.07) is 18.1. The van der Waals surface area contributed by atoms with Gasteiger partial charge in [-0.2, -0.15) is 0 Å². The number of aliphatic carboxylic acids is 1. The summed E-state index contributed by atoms with van der Waals surface area (Å²) in [7, 11) is 0. The van der Waals surface area contributed by atoms with Crippen molar-refractivity contribution < 1.29 is 38.4 Å². The van der Waals surface area contributed by atoms with Crippen LogP contribution in [0.25, 0.3) is 0 Å². The number of hydrogen-bond acceptors (Lipinski definition) is 7. The lowest BCUT2D eigenvalue weighted by Gasteiger charge is -2.49. The van der Waals surface area contributed by atoms with Crippen LogP contribution in [-0.4, -0.2) is 60.3 Å². The minimum atomic E-state index is -1.14. The largest absolute Gasteiger partial charge is 0.479 e. The number of ether oxygens (including phenoxy) is 5. The number of carbonyl (C=O) groups excluding carboxylic acids is 1. The molecule has 2 aliphatic heterocycles. The van der Waals surface area contributed by atoms with Gasteiger partial charge in [-0.3, -0.25) is 4.79 Å². The summed E-state index contributed by atoms with van der Waals surface area (Å²) < 4.78 is 30.3. The SMILES string of the molecule is CC(=O)N[C@H]1C(OC(C)C(=O)O)[C@@H]2OC(c3ccccc3)OCC2O[C@H]1OCc1ccccc1. The summed E-state index contributed by atoms with van der Waals surface area (Å²) in [5.74, 6) is -1.46. The Morgan fingerprint density at radius 3 is 2.41 bits per heavy atom. The van der Waals surface area contributed by atoms with Gasteiger partial charge in [0.1, 0.15) is 24.4 Å². The first-order valence-electron chi connectivity index (χ1n) is 11.2. The Bertz CT molecular complexity index is 956. The van der Waals surface area contributed by atoms with E-state index in [-0.39, 0.29) is 19.1 Å². The molecule has 0 spiro atoms. The lowest BCUT2D eigenvalue weighted by Crippen LogP contribution is -2.67. The van der Waals surface area contributed by atoms with E-state index < -0.39 is 49.0 Å². The molecule has 2 N–H and O–H groups in total. The zero-order valence-corrected chi connectivity index (χ0v) is 19.0. The van der Waals surface area contributed by atoms with Gasteiger partial charge in [0.15, 0.2) is 18.7 Å². The second-order valence-corrected chi connectivity index (χ2v) is 8.32. The molecular weight excluding hydrogens is 442 g/mol. The van der Waals surface area contributed by atoms with Crippen LogP contribution in [0.1, 0.15) is 31.3 Å². The van der Waals surface area contributed by atoms with Gasteiger partial charge in [0.05, 0.1) is 13.2 Å². The summed E-state index contributed by atoms with van der Waals surface area (Å²) in [6.07, 6.45) is -4.87. The standard InChI is InChI=1S/C25H29NO8/c1-15(23(28)29)32-22-20(26-16(2)27)25(30-13-17-9-5-3-6-10-17)33-19-14-31-24(34-21(19)22)18-11-7-4-8-12-18/h3-12,15,19-22,24-25H,13-14H2,1-2H3,(H,26,27)(H,28,29)/t15?,19?,20-,21+,22?,24?,25+/m0/s1. The molecule has 0 bridgehead atoms. The van der Waals surface area contributed by atoms with Gasteiger partial charge in [0.2, 0.25) is 5.91 Å². The molecule has 182 valence electrons. The van der Waals surface area contributed by atoms with Crippen molar-refractivity contribution in [1.82, 2.24) is 5.32 Å². The first-order valence-corrected chi connectivity index (χ1v) is 11.2. The van der Waals surface area contributed by atoms with Crippen molar-refractivity contribution in [2.75, 3.05) is 6.61 Å². The van der Waals surface area contributed by atoms with E-state index in [0.29, 0.717) is 0 Å². The van der Waals surface area contributed by atoms with E-state index >= 15 is 0 Å². The van der Waals surface area contributed by atoms with Gasteiger partial charge in [-0.1, -0.05) is 60.7 Å². The summed E-state index contributed by atoms with van der Waals surface area (Å²) in [5, 5.41) is 12.3. The highest BCUT2D eigenvalue weighted by atomic mass is 16.8. The molecule has 7 atom stereocenters. The number of benzene rings is 2. The molecule has 0 aliphatic carbocycles. The van der Waals surface area contributed by atoms with Crippen LogP contribution in [-0.2, 0) is 39.9 Å². The monoisotopic (exact) mass is 471 g/mol. The van der Waals surface area contributed by atoms with Crippen molar-refractivity contribution in [2.24, 2.45) is 0 Å². The lowest BCUT2D eigenvalue weighted by atomic mass is 9.95. The van der Waals surface area contributed by atoms with Crippen molar-refractivity contribution in [3.05, 3.63) is 71.8 Å². The van der Waals surface area contributed by atoms with Crippen LogP contribution in [0.2, 0.25) is 0 Å². The molecule has 2 heterocycles. The van der Waals surface area contributed by atoms with Gasteiger partial charge in [-0.25, -0.2) is 4.79 Å². The number of nitrogens with one attached hydrogen (secondary N) is 1. The highest BCUT2D eigenvalue weighted by molar-refractivity contribution is 5.73. The van der Waals surface area contributed by atoms with E-state index in [1.165, 1.54) is 13.8 Å². The van der Waals surface area contributed by atoms with E-state index in [0.717, 1.165) is 11.1 Å². The topological polar surface area (TPSA) is 113 Å². The zero-order chi connectivity index (χ0) is 24.1. The Balaban J connectivity index is 1.59. The predicted molar refractivity (Wildman–Crippen MR) is 119 cm³/mol. The first-order chi connectivity index (χ1) is 16.4. The number of amides is 1. The normalized spacial score (nSPS) is 29.6. The van der Waals surface area contributed by atoms with Crippen LogP contribution in [0, 0.1) is 0 Å². The van der Waals surface area contributed by atoms with Crippen molar-refractivity contribution >= 4 is 11.9 Å². The maximum absolute atomic E-state index is 12.1.